The quantitative estimate of drug-likeness (QED) is 0.668. The second-order valence-corrected chi connectivity index (χ2v) is 7.84. The minimum absolute atomic E-state index is 0.0126. The fourth-order valence-electron chi connectivity index (χ4n) is 3.88. The zero-order chi connectivity index (χ0) is 20.1. The van der Waals surface area contributed by atoms with Gasteiger partial charge in [0.15, 0.2) is 0 Å². The van der Waals surface area contributed by atoms with E-state index in [1.54, 1.807) is 6.20 Å². The summed E-state index contributed by atoms with van der Waals surface area (Å²) in [6, 6.07) is 20.1. The molecule has 4 nitrogen and oxygen atoms in total. The van der Waals surface area contributed by atoms with E-state index in [1.807, 2.05) is 36.5 Å². The van der Waals surface area contributed by atoms with Crippen molar-refractivity contribution in [3.63, 3.8) is 0 Å². The third kappa shape index (κ3) is 5.03. The molecule has 0 fully saturated rings. The highest BCUT2D eigenvalue weighted by Crippen LogP contribution is 2.27. The lowest BCUT2D eigenvalue weighted by Gasteiger charge is -2.36. The van der Waals surface area contributed by atoms with Crippen LogP contribution in [0.4, 0.5) is 0 Å². The monoisotopic (exact) mass is 405 g/mol. The Hall–Kier alpha value is -2.69. The van der Waals surface area contributed by atoms with Crippen LogP contribution in [0.1, 0.15) is 28.3 Å². The minimum atomic E-state index is 0.0126. The molecule has 5 heteroatoms. The second-order valence-electron chi connectivity index (χ2n) is 7.40. The minimum Gasteiger partial charge on any atom is -0.354 e. The number of nitrogens with zero attached hydrogens (tertiary/aromatic N) is 2. The van der Waals surface area contributed by atoms with Crippen molar-refractivity contribution in [3.8, 4) is 0 Å². The van der Waals surface area contributed by atoms with Gasteiger partial charge < -0.3 is 5.32 Å². The van der Waals surface area contributed by atoms with Gasteiger partial charge in [-0.05, 0) is 46.9 Å². The number of halogens is 1. The SMILES string of the molecule is O=C(Cc1ccc(Cl)cc1)NCC(c1cccnc1)N1CCc2ccccc2C1. The van der Waals surface area contributed by atoms with E-state index in [1.165, 1.54) is 11.1 Å². The Balaban J connectivity index is 1.45. The van der Waals surface area contributed by atoms with Crippen LogP contribution in [0.3, 0.4) is 0 Å². The van der Waals surface area contributed by atoms with Crippen molar-refractivity contribution in [3.05, 3.63) is 100 Å². The highest BCUT2D eigenvalue weighted by molar-refractivity contribution is 6.30. The van der Waals surface area contributed by atoms with Gasteiger partial charge in [-0.25, -0.2) is 0 Å². The first-order valence-corrected chi connectivity index (χ1v) is 10.3. The van der Waals surface area contributed by atoms with Gasteiger partial charge in [0.05, 0.1) is 12.5 Å². The topological polar surface area (TPSA) is 45.2 Å². The normalized spacial score (nSPS) is 14.8. The molecule has 1 amide bonds. The van der Waals surface area contributed by atoms with Gasteiger partial charge in [-0.1, -0.05) is 54.1 Å². The van der Waals surface area contributed by atoms with Gasteiger partial charge in [0.2, 0.25) is 5.91 Å². The Morgan fingerprint density at radius 2 is 1.86 bits per heavy atom. The van der Waals surface area contributed by atoms with Gasteiger partial charge in [-0.15, -0.1) is 0 Å². The Morgan fingerprint density at radius 3 is 2.62 bits per heavy atom. The van der Waals surface area contributed by atoms with Crippen molar-refractivity contribution in [1.82, 2.24) is 15.2 Å². The molecule has 29 heavy (non-hydrogen) atoms. The Labute approximate surface area is 176 Å². The molecule has 2 heterocycles. The van der Waals surface area contributed by atoms with E-state index in [4.69, 9.17) is 11.6 Å². The second kappa shape index (κ2) is 9.21. The van der Waals surface area contributed by atoms with Crippen molar-refractivity contribution in [2.24, 2.45) is 0 Å². The number of fused-ring (bicyclic) bond motifs is 1. The molecule has 1 aliphatic rings. The number of aromatic nitrogens is 1. The van der Waals surface area contributed by atoms with E-state index in [-0.39, 0.29) is 11.9 Å². The zero-order valence-electron chi connectivity index (χ0n) is 16.2. The smallest absolute Gasteiger partial charge is 0.224 e. The lowest BCUT2D eigenvalue weighted by Crippen LogP contribution is -2.41. The summed E-state index contributed by atoms with van der Waals surface area (Å²) in [7, 11) is 0. The van der Waals surface area contributed by atoms with Gasteiger partial charge >= 0.3 is 0 Å². The maximum absolute atomic E-state index is 12.5. The summed E-state index contributed by atoms with van der Waals surface area (Å²) < 4.78 is 0. The number of carbonyl (C=O) groups excluding carboxylic acids is 1. The van der Waals surface area contributed by atoms with Crippen LogP contribution in [-0.2, 0) is 24.2 Å². The van der Waals surface area contributed by atoms with Gasteiger partial charge in [-0.3, -0.25) is 14.7 Å². The van der Waals surface area contributed by atoms with Gasteiger partial charge in [0.1, 0.15) is 0 Å². The Bertz CT molecular complexity index is 959. The van der Waals surface area contributed by atoms with Crippen LogP contribution >= 0.6 is 11.6 Å². The van der Waals surface area contributed by atoms with Crippen molar-refractivity contribution >= 4 is 17.5 Å². The molecular weight excluding hydrogens is 382 g/mol. The largest absolute Gasteiger partial charge is 0.354 e. The summed E-state index contributed by atoms with van der Waals surface area (Å²) in [6.07, 6.45) is 5.05. The summed E-state index contributed by atoms with van der Waals surface area (Å²) in [4.78, 5) is 19.3. The molecule has 1 N–H and O–H groups in total. The molecule has 0 radical (unpaired) electrons. The number of benzene rings is 2. The molecule has 0 saturated heterocycles. The number of hydrogen-bond acceptors (Lipinski definition) is 3. The Kier molecular flexibility index (Phi) is 6.23. The summed E-state index contributed by atoms with van der Waals surface area (Å²) in [5.41, 5.74) is 4.86. The van der Waals surface area contributed by atoms with Crippen LogP contribution in [0.2, 0.25) is 5.02 Å². The fraction of sp³-hybridized carbons (Fsp3) is 0.250. The summed E-state index contributed by atoms with van der Waals surface area (Å²) in [5, 5.41) is 3.80. The van der Waals surface area contributed by atoms with E-state index in [0.29, 0.717) is 18.0 Å². The van der Waals surface area contributed by atoms with Crippen LogP contribution in [0.5, 0.6) is 0 Å². The van der Waals surface area contributed by atoms with E-state index >= 15 is 0 Å². The molecule has 1 atom stereocenters. The first kappa shape index (κ1) is 19.6. The number of rotatable bonds is 6. The maximum atomic E-state index is 12.5. The van der Waals surface area contributed by atoms with E-state index in [2.05, 4.69) is 45.5 Å². The summed E-state index contributed by atoms with van der Waals surface area (Å²) in [5.74, 6) is 0.0126. The lowest BCUT2D eigenvalue weighted by atomic mass is 9.97. The summed E-state index contributed by atoms with van der Waals surface area (Å²) >= 11 is 5.93. The van der Waals surface area contributed by atoms with Crippen LogP contribution in [-0.4, -0.2) is 28.9 Å². The number of hydrogen-bond donors (Lipinski definition) is 1. The van der Waals surface area contributed by atoms with Crippen molar-refractivity contribution in [2.45, 2.75) is 25.4 Å². The highest BCUT2D eigenvalue weighted by atomic mass is 35.5. The third-order valence-corrected chi connectivity index (χ3v) is 5.69. The van der Waals surface area contributed by atoms with E-state index in [0.717, 1.165) is 30.6 Å². The Morgan fingerprint density at radius 1 is 1.07 bits per heavy atom. The van der Waals surface area contributed by atoms with Crippen LogP contribution in [0.15, 0.2) is 73.1 Å². The van der Waals surface area contributed by atoms with Gasteiger partial charge in [0.25, 0.3) is 0 Å². The molecule has 1 aromatic heterocycles. The molecular formula is C24H24ClN3O. The van der Waals surface area contributed by atoms with E-state index in [9.17, 15) is 4.79 Å². The standard InChI is InChI=1S/C24H24ClN3O/c25-22-9-7-18(8-10-22)14-24(29)27-16-23(20-6-3-12-26-15-20)28-13-11-19-4-1-2-5-21(19)17-28/h1-10,12,15,23H,11,13-14,16-17H2,(H,27,29). The predicted molar refractivity (Wildman–Crippen MR) is 116 cm³/mol. The lowest BCUT2D eigenvalue weighted by molar-refractivity contribution is -0.120. The molecule has 1 unspecified atom stereocenters. The first-order chi connectivity index (χ1) is 14.2. The van der Waals surface area contributed by atoms with Crippen LogP contribution < -0.4 is 5.32 Å². The molecule has 0 bridgehead atoms. The number of nitrogens with one attached hydrogen (secondary N) is 1. The number of pyridine rings is 1. The van der Waals surface area contributed by atoms with Crippen LogP contribution in [0.25, 0.3) is 0 Å². The zero-order valence-corrected chi connectivity index (χ0v) is 17.0. The fourth-order valence-corrected chi connectivity index (χ4v) is 4.00. The average Bonchev–Trinajstić information content (AvgIpc) is 2.76. The van der Waals surface area contributed by atoms with Crippen molar-refractivity contribution in [1.29, 1.82) is 0 Å². The molecule has 0 saturated carbocycles. The molecule has 148 valence electrons. The van der Waals surface area contributed by atoms with Crippen molar-refractivity contribution < 1.29 is 4.79 Å². The number of carbonyl (C=O) groups is 1. The van der Waals surface area contributed by atoms with E-state index < -0.39 is 0 Å². The predicted octanol–water partition coefficient (Wildman–Crippen LogP) is 4.19. The molecule has 1 aliphatic heterocycles. The highest BCUT2D eigenvalue weighted by Gasteiger charge is 2.25. The molecule has 2 aromatic carbocycles. The molecule has 4 rings (SSSR count). The molecule has 0 spiro atoms. The first-order valence-electron chi connectivity index (χ1n) is 9.91. The average molecular weight is 406 g/mol. The van der Waals surface area contributed by atoms with Crippen molar-refractivity contribution in [2.75, 3.05) is 13.1 Å². The summed E-state index contributed by atoms with van der Waals surface area (Å²) in [6.45, 7) is 2.40. The van der Waals surface area contributed by atoms with Gasteiger partial charge in [0, 0.05) is 37.1 Å². The van der Waals surface area contributed by atoms with Gasteiger partial charge in [-0.2, -0.15) is 0 Å². The molecule has 0 aliphatic carbocycles. The third-order valence-electron chi connectivity index (χ3n) is 5.44. The molecule has 3 aromatic rings. The number of amides is 1. The van der Waals surface area contributed by atoms with Crippen LogP contribution in [0, 0.1) is 0 Å². The maximum Gasteiger partial charge on any atom is 0.224 e.